The molecule has 106 valence electrons. The normalized spacial score (nSPS) is 10.3. The molecule has 0 spiro atoms. The van der Waals surface area contributed by atoms with E-state index in [-0.39, 0.29) is 17.5 Å². The highest BCUT2D eigenvalue weighted by atomic mass is 35.5. The highest BCUT2D eigenvalue weighted by Gasteiger charge is 2.12. The van der Waals surface area contributed by atoms with Gasteiger partial charge in [-0.2, -0.15) is 0 Å². The number of hydrogen-bond acceptors (Lipinski definition) is 3. The molecule has 0 aliphatic rings. The second-order valence-corrected chi connectivity index (χ2v) is 5.63. The van der Waals surface area contributed by atoms with E-state index in [2.05, 4.69) is 0 Å². The molecule has 0 saturated carbocycles. The van der Waals surface area contributed by atoms with E-state index in [1.807, 2.05) is 17.5 Å². The number of halogens is 2. The van der Waals surface area contributed by atoms with Crippen LogP contribution >= 0.6 is 22.9 Å². The SMILES string of the molecule is CN(Cc1cccs1)C(=O)COc1ccc(F)cc1Cl. The molecule has 0 unspecified atom stereocenters. The molecule has 0 aliphatic heterocycles. The molecule has 0 N–H and O–H groups in total. The lowest BCUT2D eigenvalue weighted by Gasteiger charge is -2.16. The average molecular weight is 314 g/mol. The first-order valence-corrected chi connectivity index (χ1v) is 7.16. The molecule has 0 atom stereocenters. The number of amides is 1. The molecule has 1 heterocycles. The number of likely N-dealkylation sites (N-methyl/N-ethyl adjacent to an activating group) is 1. The minimum absolute atomic E-state index is 0.132. The van der Waals surface area contributed by atoms with Crippen LogP contribution in [0.5, 0.6) is 5.75 Å². The maximum absolute atomic E-state index is 12.9. The lowest BCUT2D eigenvalue weighted by atomic mass is 10.3. The number of rotatable bonds is 5. The van der Waals surface area contributed by atoms with E-state index in [1.165, 1.54) is 12.1 Å². The van der Waals surface area contributed by atoms with Crippen molar-refractivity contribution in [3.05, 3.63) is 51.4 Å². The Labute approximate surface area is 125 Å². The van der Waals surface area contributed by atoms with Crippen LogP contribution in [-0.2, 0) is 11.3 Å². The van der Waals surface area contributed by atoms with Crippen molar-refractivity contribution in [2.24, 2.45) is 0 Å². The highest BCUT2D eigenvalue weighted by molar-refractivity contribution is 7.09. The molecule has 1 aromatic heterocycles. The summed E-state index contributed by atoms with van der Waals surface area (Å²) < 4.78 is 18.2. The van der Waals surface area contributed by atoms with Gasteiger partial charge in [-0.15, -0.1) is 11.3 Å². The van der Waals surface area contributed by atoms with E-state index in [1.54, 1.807) is 23.3 Å². The molecule has 0 saturated heterocycles. The third-order valence-corrected chi connectivity index (χ3v) is 3.80. The van der Waals surface area contributed by atoms with Gasteiger partial charge in [0.25, 0.3) is 5.91 Å². The Kier molecular flexibility index (Phi) is 4.98. The van der Waals surface area contributed by atoms with Crippen molar-refractivity contribution in [2.75, 3.05) is 13.7 Å². The van der Waals surface area contributed by atoms with Crippen LogP contribution in [0.4, 0.5) is 4.39 Å². The number of hydrogen-bond donors (Lipinski definition) is 0. The first-order chi connectivity index (χ1) is 9.56. The van der Waals surface area contributed by atoms with Gasteiger partial charge in [-0.1, -0.05) is 17.7 Å². The molecule has 0 radical (unpaired) electrons. The Hall–Kier alpha value is -1.59. The minimum atomic E-state index is -0.441. The maximum atomic E-state index is 12.9. The zero-order valence-electron chi connectivity index (χ0n) is 10.8. The van der Waals surface area contributed by atoms with Gasteiger partial charge >= 0.3 is 0 Å². The summed E-state index contributed by atoms with van der Waals surface area (Å²) in [7, 11) is 1.71. The monoisotopic (exact) mass is 313 g/mol. The molecule has 2 aromatic rings. The predicted octanol–water partition coefficient (Wildman–Crippen LogP) is 3.58. The number of thiophene rings is 1. The van der Waals surface area contributed by atoms with E-state index in [4.69, 9.17) is 16.3 Å². The fourth-order valence-electron chi connectivity index (χ4n) is 1.57. The van der Waals surface area contributed by atoms with Crippen molar-refractivity contribution < 1.29 is 13.9 Å². The summed E-state index contributed by atoms with van der Waals surface area (Å²) in [5, 5.41) is 2.11. The molecular weight excluding hydrogens is 301 g/mol. The van der Waals surface area contributed by atoms with E-state index >= 15 is 0 Å². The van der Waals surface area contributed by atoms with E-state index < -0.39 is 5.82 Å². The standard InChI is InChI=1S/C14H13ClFNO2S/c1-17(8-11-3-2-6-20-11)14(18)9-19-13-5-4-10(16)7-12(13)15/h2-7H,8-9H2,1H3. The summed E-state index contributed by atoms with van der Waals surface area (Å²) >= 11 is 7.41. The van der Waals surface area contributed by atoms with Gasteiger partial charge in [0.15, 0.2) is 6.61 Å². The Morgan fingerprint density at radius 2 is 2.25 bits per heavy atom. The maximum Gasteiger partial charge on any atom is 0.260 e. The largest absolute Gasteiger partial charge is 0.482 e. The zero-order valence-corrected chi connectivity index (χ0v) is 12.4. The van der Waals surface area contributed by atoms with Gasteiger partial charge in [-0.05, 0) is 29.6 Å². The molecular formula is C14H13ClFNO2S. The van der Waals surface area contributed by atoms with E-state index in [9.17, 15) is 9.18 Å². The fourth-order valence-corrected chi connectivity index (χ4v) is 2.55. The summed E-state index contributed by atoms with van der Waals surface area (Å²) in [5.41, 5.74) is 0. The molecule has 0 bridgehead atoms. The molecule has 20 heavy (non-hydrogen) atoms. The van der Waals surface area contributed by atoms with Crippen molar-refractivity contribution in [1.29, 1.82) is 0 Å². The summed E-state index contributed by atoms with van der Waals surface area (Å²) in [6.45, 7) is 0.407. The van der Waals surface area contributed by atoms with Gasteiger partial charge < -0.3 is 9.64 Å². The molecule has 1 amide bonds. The van der Waals surface area contributed by atoms with Gasteiger partial charge in [-0.3, -0.25) is 4.79 Å². The average Bonchev–Trinajstić information content (AvgIpc) is 2.90. The Bertz CT molecular complexity index is 589. The topological polar surface area (TPSA) is 29.5 Å². The van der Waals surface area contributed by atoms with Crippen molar-refractivity contribution in [3.63, 3.8) is 0 Å². The van der Waals surface area contributed by atoms with Gasteiger partial charge in [0.2, 0.25) is 0 Å². The zero-order chi connectivity index (χ0) is 14.5. The molecule has 0 aliphatic carbocycles. The fraction of sp³-hybridized carbons (Fsp3) is 0.214. The Morgan fingerprint density at radius 1 is 1.45 bits per heavy atom. The lowest BCUT2D eigenvalue weighted by molar-refractivity contribution is -0.132. The van der Waals surface area contributed by atoms with Gasteiger partial charge in [-0.25, -0.2) is 4.39 Å². The highest BCUT2D eigenvalue weighted by Crippen LogP contribution is 2.24. The predicted molar refractivity (Wildman–Crippen MR) is 77.7 cm³/mol. The quantitative estimate of drug-likeness (QED) is 0.844. The molecule has 6 heteroatoms. The molecule has 2 rings (SSSR count). The van der Waals surface area contributed by atoms with Crippen molar-refractivity contribution in [3.8, 4) is 5.75 Å². The van der Waals surface area contributed by atoms with E-state index in [0.717, 1.165) is 10.9 Å². The number of ether oxygens (including phenoxy) is 1. The van der Waals surface area contributed by atoms with Gasteiger partial charge in [0.05, 0.1) is 11.6 Å². The number of carbonyl (C=O) groups is 1. The minimum Gasteiger partial charge on any atom is -0.482 e. The summed E-state index contributed by atoms with van der Waals surface area (Å²) in [6, 6.07) is 7.70. The van der Waals surface area contributed by atoms with Crippen LogP contribution in [0.15, 0.2) is 35.7 Å². The van der Waals surface area contributed by atoms with Crippen LogP contribution in [0.3, 0.4) is 0 Å². The summed E-state index contributed by atoms with van der Waals surface area (Å²) in [5.74, 6) is -0.312. The molecule has 0 fully saturated rings. The first kappa shape index (κ1) is 14.8. The molecule has 1 aromatic carbocycles. The first-order valence-electron chi connectivity index (χ1n) is 5.90. The third kappa shape index (κ3) is 3.95. The van der Waals surface area contributed by atoms with Crippen LogP contribution in [0.1, 0.15) is 4.88 Å². The van der Waals surface area contributed by atoms with Crippen LogP contribution < -0.4 is 4.74 Å². The molecule has 3 nitrogen and oxygen atoms in total. The smallest absolute Gasteiger partial charge is 0.260 e. The number of benzene rings is 1. The lowest BCUT2D eigenvalue weighted by Crippen LogP contribution is -2.30. The van der Waals surface area contributed by atoms with Crippen molar-refractivity contribution >= 4 is 28.8 Å². The van der Waals surface area contributed by atoms with Gasteiger partial charge in [0.1, 0.15) is 11.6 Å². The number of carbonyl (C=O) groups excluding carboxylic acids is 1. The van der Waals surface area contributed by atoms with Crippen molar-refractivity contribution in [1.82, 2.24) is 4.90 Å². The van der Waals surface area contributed by atoms with Crippen LogP contribution in [0.25, 0.3) is 0 Å². The number of nitrogens with zero attached hydrogens (tertiary/aromatic N) is 1. The van der Waals surface area contributed by atoms with Crippen LogP contribution in [0.2, 0.25) is 5.02 Å². The summed E-state index contributed by atoms with van der Waals surface area (Å²) in [6.07, 6.45) is 0. The third-order valence-electron chi connectivity index (χ3n) is 2.64. The second-order valence-electron chi connectivity index (χ2n) is 4.19. The Morgan fingerprint density at radius 3 is 2.90 bits per heavy atom. The van der Waals surface area contributed by atoms with Crippen LogP contribution in [-0.4, -0.2) is 24.5 Å². The van der Waals surface area contributed by atoms with Crippen LogP contribution in [0, 0.1) is 5.82 Å². The Balaban J connectivity index is 1.88. The van der Waals surface area contributed by atoms with Crippen molar-refractivity contribution in [2.45, 2.75) is 6.54 Å². The van der Waals surface area contributed by atoms with Gasteiger partial charge in [0, 0.05) is 11.9 Å². The summed E-state index contributed by atoms with van der Waals surface area (Å²) in [4.78, 5) is 14.6. The second kappa shape index (κ2) is 6.72. The van der Waals surface area contributed by atoms with E-state index in [0.29, 0.717) is 12.3 Å².